The minimum atomic E-state index is -0.0904. The summed E-state index contributed by atoms with van der Waals surface area (Å²) in [4.78, 5) is 16.5. The van der Waals surface area contributed by atoms with Gasteiger partial charge in [0.05, 0.1) is 6.04 Å². The minimum Gasteiger partial charge on any atom is -0.344 e. The van der Waals surface area contributed by atoms with Crippen molar-refractivity contribution in [2.45, 2.75) is 46.2 Å². The first-order chi connectivity index (χ1) is 10.2. The summed E-state index contributed by atoms with van der Waals surface area (Å²) >= 11 is 0. The van der Waals surface area contributed by atoms with Gasteiger partial charge in [0.25, 0.3) is 5.91 Å². The van der Waals surface area contributed by atoms with E-state index in [1.807, 2.05) is 19.2 Å². The standard InChI is InChI=1S/C16H22N4O/c1-4-10-20-15(7-9-18-20)16(21)19-12(3)14-6-8-17-11-13(14)5-2/h6-9,11-12H,4-5,10H2,1-3H3,(H,19,21). The smallest absolute Gasteiger partial charge is 0.270 e. The number of amides is 1. The van der Waals surface area contributed by atoms with Crippen molar-refractivity contribution < 1.29 is 4.79 Å². The Morgan fingerprint density at radius 2 is 2.14 bits per heavy atom. The molecule has 2 heterocycles. The highest BCUT2D eigenvalue weighted by Crippen LogP contribution is 2.17. The van der Waals surface area contributed by atoms with Crippen LogP contribution in [-0.2, 0) is 13.0 Å². The Bertz CT molecular complexity index is 606. The van der Waals surface area contributed by atoms with Crippen molar-refractivity contribution >= 4 is 5.91 Å². The number of nitrogens with zero attached hydrogens (tertiary/aromatic N) is 3. The van der Waals surface area contributed by atoms with E-state index in [1.165, 1.54) is 0 Å². The Hall–Kier alpha value is -2.17. The van der Waals surface area contributed by atoms with Gasteiger partial charge in [0, 0.05) is 25.1 Å². The van der Waals surface area contributed by atoms with Crippen molar-refractivity contribution in [1.82, 2.24) is 20.1 Å². The van der Waals surface area contributed by atoms with Crippen LogP contribution in [0.4, 0.5) is 0 Å². The molecule has 2 rings (SSSR count). The average Bonchev–Trinajstić information content (AvgIpc) is 2.96. The number of aromatic nitrogens is 3. The number of hydrogen-bond donors (Lipinski definition) is 1. The maximum absolute atomic E-state index is 12.4. The van der Waals surface area contributed by atoms with Gasteiger partial charge in [-0.1, -0.05) is 13.8 Å². The van der Waals surface area contributed by atoms with Gasteiger partial charge in [0.1, 0.15) is 5.69 Å². The summed E-state index contributed by atoms with van der Waals surface area (Å²) in [5, 5.41) is 7.23. The lowest BCUT2D eigenvalue weighted by molar-refractivity contribution is 0.0928. The van der Waals surface area contributed by atoms with E-state index in [4.69, 9.17) is 0 Å². The summed E-state index contributed by atoms with van der Waals surface area (Å²) in [6, 6.07) is 3.67. The fourth-order valence-electron chi connectivity index (χ4n) is 2.42. The molecule has 2 aromatic rings. The SMILES string of the molecule is CCCn1nccc1C(=O)NC(C)c1ccncc1CC. The number of nitrogens with one attached hydrogen (secondary N) is 1. The second-order valence-electron chi connectivity index (χ2n) is 5.06. The van der Waals surface area contributed by atoms with Gasteiger partial charge in [-0.2, -0.15) is 5.10 Å². The molecule has 5 nitrogen and oxygen atoms in total. The molecule has 2 aromatic heterocycles. The molecule has 0 spiro atoms. The molecule has 0 aromatic carbocycles. The normalized spacial score (nSPS) is 12.1. The van der Waals surface area contributed by atoms with Gasteiger partial charge in [-0.15, -0.1) is 0 Å². The molecule has 0 bridgehead atoms. The zero-order valence-corrected chi connectivity index (χ0v) is 12.8. The quantitative estimate of drug-likeness (QED) is 0.888. The summed E-state index contributed by atoms with van der Waals surface area (Å²) < 4.78 is 1.75. The first kappa shape index (κ1) is 15.2. The Morgan fingerprint density at radius 3 is 2.86 bits per heavy atom. The van der Waals surface area contributed by atoms with Crippen LogP contribution in [0.15, 0.2) is 30.7 Å². The molecule has 0 aliphatic heterocycles. The zero-order valence-electron chi connectivity index (χ0n) is 12.8. The zero-order chi connectivity index (χ0) is 15.2. The highest BCUT2D eigenvalue weighted by atomic mass is 16.2. The third-order valence-electron chi connectivity index (χ3n) is 3.52. The molecule has 21 heavy (non-hydrogen) atoms. The molecule has 5 heteroatoms. The van der Waals surface area contributed by atoms with E-state index in [1.54, 1.807) is 23.1 Å². The number of hydrogen-bond acceptors (Lipinski definition) is 3. The Labute approximate surface area is 125 Å². The van der Waals surface area contributed by atoms with E-state index >= 15 is 0 Å². The lowest BCUT2D eigenvalue weighted by Gasteiger charge is -2.17. The number of pyridine rings is 1. The van der Waals surface area contributed by atoms with E-state index in [0.717, 1.165) is 30.5 Å². The lowest BCUT2D eigenvalue weighted by Crippen LogP contribution is -2.29. The van der Waals surface area contributed by atoms with Gasteiger partial charge in [0.15, 0.2) is 0 Å². The summed E-state index contributed by atoms with van der Waals surface area (Å²) in [7, 11) is 0. The maximum Gasteiger partial charge on any atom is 0.270 e. The van der Waals surface area contributed by atoms with E-state index in [9.17, 15) is 4.79 Å². The summed E-state index contributed by atoms with van der Waals surface area (Å²) in [6.07, 6.45) is 7.13. The van der Waals surface area contributed by atoms with Crippen molar-refractivity contribution in [1.29, 1.82) is 0 Å². The molecule has 1 atom stereocenters. The summed E-state index contributed by atoms with van der Waals surface area (Å²) in [5.74, 6) is -0.0904. The molecule has 1 amide bonds. The largest absolute Gasteiger partial charge is 0.344 e. The molecule has 1 N–H and O–H groups in total. The third kappa shape index (κ3) is 3.48. The van der Waals surface area contributed by atoms with Crippen LogP contribution in [0.1, 0.15) is 54.8 Å². The lowest BCUT2D eigenvalue weighted by atomic mass is 10.0. The van der Waals surface area contributed by atoms with E-state index in [2.05, 4.69) is 29.2 Å². The van der Waals surface area contributed by atoms with Crippen LogP contribution in [0.5, 0.6) is 0 Å². The van der Waals surface area contributed by atoms with Gasteiger partial charge < -0.3 is 5.32 Å². The van der Waals surface area contributed by atoms with Gasteiger partial charge in [-0.25, -0.2) is 0 Å². The van der Waals surface area contributed by atoms with Crippen LogP contribution < -0.4 is 5.32 Å². The van der Waals surface area contributed by atoms with E-state index < -0.39 is 0 Å². The third-order valence-corrected chi connectivity index (χ3v) is 3.52. The topological polar surface area (TPSA) is 59.8 Å². The Morgan fingerprint density at radius 1 is 1.33 bits per heavy atom. The molecule has 0 saturated carbocycles. The Balaban J connectivity index is 2.13. The molecular weight excluding hydrogens is 264 g/mol. The number of carbonyl (C=O) groups excluding carboxylic acids is 1. The monoisotopic (exact) mass is 286 g/mol. The summed E-state index contributed by atoms with van der Waals surface area (Å²) in [5.41, 5.74) is 2.88. The number of aryl methyl sites for hydroxylation is 2. The van der Waals surface area contributed by atoms with Crippen molar-refractivity contribution in [3.8, 4) is 0 Å². The molecule has 112 valence electrons. The fraction of sp³-hybridized carbons (Fsp3) is 0.438. The van der Waals surface area contributed by atoms with Gasteiger partial charge in [0.2, 0.25) is 0 Å². The molecular formula is C16H22N4O. The molecule has 1 unspecified atom stereocenters. The Kier molecular flexibility index (Phi) is 5.09. The van der Waals surface area contributed by atoms with Crippen LogP contribution in [0.25, 0.3) is 0 Å². The van der Waals surface area contributed by atoms with Gasteiger partial charge in [-0.3, -0.25) is 14.5 Å². The maximum atomic E-state index is 12.4. The first-order valence-corrected chi connectivity index (χ1v) is 7.42. The highest BCUT2D eigenvalue weighted by Gasteiger charge is 2.16. The predicted octanol–water partition coefficient (Wildman–Crippen LogP) is 2.74. The molecule has 0 aliphatic rings. The second kappa shape index (κ2) is 7.02. The molecule has 0 aliphatic carbocycles. The van der Waals surface area contributed by atoms with Crippen LogP contribution in [0, 0.1) is 0 Å². The number of carbonyl (C=O) groups is 1. The first-order valence-electron chi connectivity index (χ1n) is 7.42. The van der Waals surface area contributed by atoms with E-state index in [-0.39, 0.29) is 11.9 Å². The highest BCUT2D eigenvalue weighted by molar-refractivity contribution is 5.92. The average molecular weight is 286 g/mol. The molecule has 0 radical (unpaired) electrons. The molecule has 0 fully saturated rings. The van der Waals surface area contributed by atoms with Crippen molar-refractivity contribution in [3.05, 3.63) is 47.5 Å². The number of rotatable bonds is 6. The van der Waals surface area contributed by atoms with Crippen LogP contribution in [0.2, 0.25) is 0 Å². The predicted molar refractivity (Wildman–Crippen MR) is 82.0 cm³/mol. The van der Waals surface area contributed by atoms with Gasteiger partial charge >= 0.3 is 0 Å². The van der Waals surface area contributed by atoms with Crippen LogP contribution >= 0.6 is 0 Å². The van der Waals surface area contributed by atoms with Crippen molar-refractivity contribution in [3.63, 3.8) is 0 Å². The summed E-state index contributed by atoms with van der Waals surface area (Å²) in [6.45, 7) is 6.90. The van der Waals surface area contributed by atoms with Gasteiger partial charge in [-0.05, 0) is 43.0 Å². The minimum absolute atomic E-state index is 0.0552. The second-order valence-corrected chi connectivity index (χ2v) is 5.06. The fourth-order valence-corrected chi connectivity index (χ4v) is 2.42. The van der Waals surface area contributed by atoms with E-state index in [0.29, 0.717) is 5.69 Å². The van der Waals surface area contributed by atoms with Crippen molar-refractivity contribution in [2.75, 3.05) is 0 Å². The van der Waals surface area contributed by atoms with Crippen molar-refractivity contribution in [2.24, 2.45) is 0 Å². The van der Waals surface area contributed by atoms with Crippen LogP contribution in [0.3, 0.4) is 0 Å². The molecule has 0 saturated heterocycles. The van der Waals surface area contributed by atoms with Crippen LogP contribution in [-0.4, -0.2) is 20.7 Å².